The molecular weight excluding hydrogens is 392 g/mol. The van der Waals surface area contributed by atoms with E-state index >= 15 is 0 Å². The molecule has 1 N–H and O–H groups in total. The lowest BCUT2D eigenvalue weighted by molar-refractivity contribution is -0.652. The topological polar surface area (TPSA) is 62.6 Å². The number of β-amino-alcohol motifs (C(OH)–C–C–N with tert-alkyl or cyclic N) is 1. The maximum Gasteiger partial charge on any atom is 0.318 e. The van der Waals surface area contributed by atoms with Crippen molar-refractivity contribution in [2.75, 3.05) is 25.1 Å². The highest BCUT2D eigenvalue weighted by atomic mass is 16.5. The summed E-state index contributed by atoms with van der Waals surface area (Å²) in [6.07, 6.45) is 1.78. The molecule has 160 valence electrons. The average Bonchev–Trinajstić information content (AvgIpc) is 3.44. The second-order valence-corrected chi connectivity index (χ2v) is 8.21. The highest BCUT2D eigenvalue weighted by molar-refractivity contribution is 5.96. The van der Waals surface area contributed by atoms with E-state index < -0.39 is 5.72 Å². The summed E-state index contributed by atoms with van der Waals surface area (Å²) in [5, 5.41) is 11.8. The molecular formula is C24H27N4O3+. The summed E-state index contributed by atoms with van der Waals surface area (Å²) in [5.74, 6) is 1.75. The summed E-state index contributed by atoms with van der Waals surface area (Å²) in [6.45, 7) is 3.03. The molecule has 2 aliphatic heterocycles. The molecule has 2 aromatic carbocycles. The fourth-order valence-electron chi connectivity index (χ4n) is 4.91. The molecule has 2 aliphatic rings. The minimum Gasteiger partial charge on any atom is -0.497 e. The van der Waals surface area contributed by atoms with Crippen LogP contribution in [-0.4, -0.2) is 45.1 Å². The lowest BCUT2D eigenvalue weighted by atomic mass is 10.0. The first-order valence-electron chi connectivity index (χ1n) is 10.6. The number of ether oxygens (including phenoxy) is 1. The number of hydrogen-bond donors (Lipinski definition) is 1. The van der Waals surface area contributed by atoms with Gasteiger partial charge in [0.15, 0.2) is 6.54 Å². The van der Waals surface area contributed by atoms with Crippen molar-refractivity contribution in [1.29, 1.82) is 0 Å². The van der Waals surface area contributed by atoms with E-state index in [1.165, 1.54) is 0 Å². The van der Waals surface area contributed by atoms with E-state index in [-0.39, 0.29) is 5.56 Å². The Morgan fingerprint density at radius 3 is 2.48 bits per heavy atom. The molecule has 0 fully saturated rings. The monoisotopic (exact) mass is 419 g/mol. The molecule has 0 saturated heterocycles. The molecule has 0 unspecified atom stereocenters. The van der Waals surface area contributed by atoms with Gasteiger partial charge >= 0.3 is 5.56 Å². The lowest BCUT2D eigenvalue weighted by Crippen LogP contribution is -2.41. The minimum atomic E-state index is -1.19. The van der Waals surface area contributed by atoms with Crippen LogP contribution in [0.15, 0.2) is 59.4 Å². The van der Waals surface area contributed by atoms with E-state index in [0.29, 0.717) is 12.2 Å². The summed E-state index contributed by atoms with van der Waals surface area (Å²) in [7, 11) is 3.53. The van der Waals surface area contributed by atoms with Gasteiger partial charge in [0.25, 0.3) is 11.6 Å². The number of benzene rings is 2. The van der Waals surface area contributed by atoms with Crippen molar-refractivity contribution in [3.63, 3.8) is 0 Å². The number of rotatable bonds is 4. The van der Waals surface area contributed by atoms with Crippen LogP contribution in [0.2, 0.25) is 0 Å². The third-order valence-electron chi connectivity index (χ3n) is 6.58. The van der Waals surface area contributed by atoms with Crippen LogP contribution in [0.1, 0.15) is 24.1 Å². The van der Waals surface area contributed by atoms with Gasteiger partial charge < -0.3 is 9.84 Å². The first kappa shape index (κ1) is 19.6. The number of methoxy groups -OCH3 is 1. The van der Waals surface area contributed by atoms with Gasteiger partial charge in [0, 0.05) is 12.6 Å². The van der Waals surface area contributed by atoms with Gasteiger partial charge in [-0.2, -0.15) is 0 Å². The van der Waals surface area contributed by atoms with E-state index in [2.05, 4.69) is 0 Å². The Hall–Kier alpha value is -3.32. The minimum absolute atomic E-state index is 0.0791. The smallest absolute Gasteiger partial charge is 0.318 e. The third-order valence-corrected chi connectivity index (χ3v) is 6.58. The Morgan fingerprint density at radius 1 is 1.10 bits per heavy atom. The Bertz CT molecular complexity index is 1220. The highest BCUT2D eigenvalue weighted by Crippen LogP contribution is 2.37. The number of nitrogens with zero attached hydrogens (tertiary/aromatic N) is 4. The summed E-state index contributed by atoms with van der Waals surface area (Å²) in [4.78, 5) is 15.6. The quantitative estimate of drug-likeness (QED) is 0.660. The molecule has 31 heavy (non-hydrogen) atoms. The first-order valence-corrected chi connectivity index (χ1v) is 10.6. The van der Waals surface area contributed by atoms with Gasteiger partial charge in [-0.05, 0) is 49.7 Å². The Kier molecular flexibility index (Phi) is 4.51. The third kappa shape index (κ3) is 2.84. The van der Waals surface area contributed by atoms with Gasteiger partial charge in [-0.3, -0.25) is 9.48 Å². The molecule has 3 heterocycles. The fraction of sp³-hybridized carbons (Fsp3) is 0.333. The average molecular weight is 420 g/mol. The van der Waals surface area contributed by atoms with Gasteiger partial charge in [-0.1, -0.05) is 18.2 Å². The molecule has 0 saturated carbocycles. The second-order valence-electron chi connectivity index (χ2n) is 8.21. The van der Waals surface area contributed by atoms with Crippen molar-refractivity contribution < 1.29 is 14.4 Å². The molecule has 0 bridgehead atoms. The molecule has 0 aliphatic carbocycles. The van der Waals surface area contributed by atoms with Crippen LogP contribution in [0.25, 0.3) is 5.69 Å². The summed E-state index contributed by atoms with van der Waals surface area (Å²) in [6, 6.07) is 17.2. The first-order chi connectivity index (χ1) is 15.0. The standard InChI is InChI=1S/C24H27N4O3/c1-17-22(23(29)28(25(17)2)19-8-5-4-6-9-19)26-16-24(30,27-15-7-10-21(26)27)18-11-13-20(31-3)14-12-18/h4-6,8-9,11-14,30H,7,10,15-16H2,1-3H3/q+1/t24-/m0/s1. The van der Waals surface area contributed by atoms with Crippen LogP contribution in [-0.2, 0) is 12.8 Å². The number of aliphatic hydroxyl groups is 1. The number of amidine groups is 1. The number of aromatic nitrogens is 2. The maximum absolute atomic E-state index is 13.6. The maximum atomic E-state index is 13.6. The molecule has 0 spiro atoms. The summed E-state index contributed by atoms with van der Waals surface area (Å²) >= 11 is 0. The van der Waals surface area contributed by atoms with Crippen LogP contribution in [0, 0.1) is 6.92 Å². The largest absolute Gasteiger partial charge is 0.497 e. The van der Waals surface area contributed by atoms with Gasteiger partial charge in [0.1, 0.15) is 5.75 Å². The van der Waals surface area contributed by atoms with E-state index in [0.717, 1.165) is 47.9 Å². The number of anilines is 1. The Labute approximate surface area is 181 Å². The van der Waals surface area contributed by atoms with Gasteiger partial charge in [0.05, 0.1) is 31.5 Å². The highest BCUT2D eigenvalue weighted by Gasteiger charge is 2.55. The molecule has 0 radical (unpaired) electrons. The molecule has 1 atom stereocenters. The van der Waals surface area contributed by atoms with Crippen molar-refractivity contribution in [3.05, 3.63) is 76.2 Å². The van der Waals surface area contributed by atoms with Crippen molar-refractivity contribution in [1.82, 2.24) is 9.36 Å². The van der Waals surface area contributed by atoms with Gasteiger partial charge in [-0.15, -0.1) is 0 Å². The zero-order chi connectivity index (χ0) is 21.8. The molecule has 7 heteroatoms. The summed E-state index contributed by atoms with van der Waals surface area (Å²) < 4.78 is 10.9. The van der Waals surface area contributed by atoms with Crippen LogP contribution in [0.3, 0.4) is 0 Å². The van der Waals surface area contributed by atoms with Crippen molar-refractivity contribution >= 4 is 11.5 Å². The lowest BCUT2D eigenvalue weighted by Gasteiger charge is -2.23. The van der Waals surface area contributed by atoms with Gasteiger partial charge in [-0.25, -0.2) is 14.2 Å². The van der Waals surface area contributed by atoms with Crippen molar-refractivity contribution in [2.24, 2.45) is 7.05 Å². The zero-order valence-corrected chi connectivity index (χ0v) is 18.1. The van der Waals surface area contributed by atoms with Crippen LogP contribution in [0.5, 0.6) is 5.75 Å². The summed E-state index contributed by atoms with van der Waals surface area (Å²) in [5.41, 5.74) is 1.84. The van der Waals surface area contributed by atoms with Crippen LogP contribution < -0.4 is 15.2 Å². The molecule has 7 nitrogen and oxygen atoms in total. The van der Waals surface area contributed by atoms with Crippen molar-refractivity contribution in [2.45, 2.75) is 25.5 Å². The second kappa shape index (κ2) is 7.13. The van der Waals surface area contributed by atoms with Crippen molar-refractivity contribution in [3.8, 4) is 11.4 Å². The normalized spacial score (nSPS) is 20.5. The van der Waals surface area contributed by atoms with E-state index in [1.807, 2.05) is 82.7 Å². The SMILES string of the molecule is COc1ccc([C@@]2(O)CN(c3c(C)n(C)n(-c4ccccc4)c3=O)C3=[N+]2CCC3)cc1. The fourth-order valence-corrected chi connectivity index (χ4v) is 4.91. The van der Waals surface area contributed by atoms with Gasteiger partial charge in [0.2, 0.25) is 5.69 Å². The zero-order valence-electron chi connectivity index (χ0n) is 18.1. The number of para-hydroxylation sites is 1. The van der Waals surface area contributed by atoms with E-state index in [1.54, 1.807) is 11.8 Å². The molecule has 1 aromatic heterocycles. The molecule has 5 rings (SSSR count). The Balaban J connectivity index is 1.62. The molecule has 0 amide bonds. The number of hydrogen-bond acceptors (Lipinski definition) is 4. The van der Waals surface area contributed by atoms with E-state index in [9.17, 15) is 9.90 Å². The predicted octanol–water partition coefficient (Wildman–Crippen LogP) is 2.36. The molecule has 3 aromatic rings. The van der Waals surface area contributed by atoms with Crippen LogP contribution >= 0.6 is 0 Å². The Morgan fingerprint density at radius 2 is 1.81 bits per heavy atom. The van der Waals surface area contributed by atoms with E-state index in [4.69, 9.17) is 4.74 Å². The van der Waals surface area contributed by atoms with Crippen LogP contribution in [0.4, 0.5) is 5.69 Å². The predicted molar refractivity (Wildman–Crippen MR) is 119 cm³/mol.